The Morgan fingerprint density at radius 3 is 2.59 bits per heavy atom. The fourth-order valence-electron chi connectivity index (χ4n) is 1.85. The van der Waals surface area contributed by atoms with Crippen LogP contribution < -0.4 is 0 Å². The van der Waals surface area contributed by atoms with Crippen LogP contribution in [0.4, 0.5) is 0 Å². The van der Waals surface area contributed by atoms with Crippen molar-refractivity contribution in [3.05, 3.63) is 42.0 Å². The molecule has 1 nitrogen and oxygen atoms in total. The Labute approximate surface area is 105 Å². The maximum Gasteiger partial charge on any atom is 0.0574 e. The predicted molar refractivity (Wildman–Crippen MR) is 74.9 cm³/mol. The zero-order chi connectivity index (χ0) is 12.3. The molecule has 1 N–H and O–H groups in total. The summed E-state index contributed by atoms with van der Waals surface area (Å²) in [5.41, 5.74) is 1.20. The Bertz CT molecular complexity index is 303. The Morgan fingerprint density at radius 1 is 1.12 bits per heavy atom. The molecule has 0 aromatic heterocycles. The average Bonchev–Trinajstić information content (AvgIpc) is 2.36. The topological polar surface area (TPSA) is 20.2 Å². The summed E-state index contributed by atoms with van der Waals surface area (Å²) in [7, 11) is 0. The summed E-state index contributed by atoms with van der Waals surface area (Å²) < 4.78 is 0. The van der Waals surface area contributed by atoms with Gasteiger partial charge in [-0.05, 0) is 18.4 Å². The van der Waals surface area contributed by atoms with E-state index in [1.807, 2.05) is 18.2 Å². The number of unbranched alkanes of at least 4 members (excludes halogenated alkanes) is 3. The Morgan fingerprint density at radius 2 is 1.88 bits per heavy atom. The van der Waals surface area contributed by atoms with E-state index in [0.29, 0.717) is 0 Å². The second-order valence-corrected chi connectivity index (χ2v) is 4.55. The average molecular weight is 232 g/mol. The van der Waals surface area contributed by atoms with E-state index in [9.17, 15) is 5.11 Å². The van der Waals surface area contributed by atoms with Crippen molar-refractivity contribution in [2.24, 2.45) is 0 Å². The molecule has 0 aliphatic heterocycles. The van der Waals surface area contributed by atoms with Crippen LogP contribution in [0.25, 0.3) is 6.08 Å². The Kier molecular flexibility index (Phi) is 7.40. The van der Waals surface area contributed by atoms with Gasteiger partial charge in [0.2, 0.25) is 0 Å². The van der Waals surface area contributed by atoms with Gasteiger partial charge in [0.05, 0.1) is 6.10 Å². The van der Waals surface area contributed by atoms with Gasteiger partial charge in [-0.2, -0.15) is 0 Å². The monoisotopic (exact) mass is 232 g/mol. The van der Waals surface area contributed by atoms with Crippen molar-refractivity contribution in [3.8, 4) is 0 Å². The molecule has 1 aromatic rings. The van der Waals surface area contributed by atoms with Gasteiger partial charge >= 0.3 is 0 Å². The first-order valence-corrected chi connectivity index (χ1v) is 6.72. The number of aliphatic hydroxyl groups is 1. The van der Waals surface area contributed by atoms with Crippen LogP contribution >= 0.6 is 0 Å². The number of hydrogen-bond acceptors (Lipinski definition) is 1. The molecule has 0 saturated carbocycles. The van der Waals surface area contributed by atoms with Crippen molar-refractivity contribution in [1.29, 1.82) is 0 Å². The van der Waals surface area contributed by atoms with E-state index in [1.165, 1.54) is 24.8 Å². The Balaban J connectivity index is 2.15. The SMILES string of the molecule is CCCCCCC(O)C/C=C\c1ccccc1. The van der Waals surface area contributed by atoms with Gasteiger partial charge in [-0.1, -0.05) is 75.1 Å². The lowest BCUT2D eigenvalue weighted by atomic mass is 10.1. The van der Waals surface area contributed by atoms with Crippen LogP contribution in [0.15, 0.2) is 36.4 Å². The van der Waals surface area contributed by atoms with Crippen LogP contribution in [-0.2, 0) is 0 Å². The third-order valence-electron chi connectivity index (χ3n) is 2.91. The lowest BCUT2D eigenvalue weighted by Crippen LogP contribution is -2.04. The minimum atomic E-state index is -0.174. The quantitative estimate of drug-likeness (QED) is 0.658. The molecule has 0 amide bonds. The molecule has 1 atom stereocenters. The zero-order valence-electron chi connectivity index (χ0n) is 10.8. The third-order valence-corrected chi connectivity index (χ3v) is 2.91. The van der Waals surface area contributed by atoms with Crippen molar-refractivity contribution < 1.29 is 5.11 Å². The first-order chi connectivity index (χ1) is 8.33. The Hall–Kier alpha value is -1.08. The molecule has 0 heterocycles. The van der Waals surface area contributed by atoms with Gasteiger partial charge < -0.3 is 5.11 Å². The van der Waals surface area contributed by atoms with Crippen LogP contribution in [0.1, 0.15) is 51.0 Å². The van der Waals surface area contributed by atoms with E-state index < -0.39 is 0 Å². The first kappa shape index (κ1) is 14.0. The molecule has 94 valence electrons. The van der Waals surface area contributed by atoms with Gasteiger partial charge in [0, 0.05) is 0 Å². The molecule has 0 bridgehead atoms. The van der Waals surface area contributed by atoms with Gasteiger partial charge in [0.15, 0.2) is 0 Å². The van der Waals surface area contributed by atoms with Crippen molar-refractivity contribution >= 4 is 6.08 Å². The van der Waals surface area contributed by atoms with Crippen LogP contribution in [0.2, 0.25) is 0 Å². The minimum Gasteiger partial charge on any atom is -0.393 e. The van der Waals surface area contributed by atoms with E-state index in [4.69, 9.17) is 0 Å². The van der Waals surface area contributed by atoms with Crippen LogP contribution in [0.5, 0.6) is 0 Å². The van der Waals surface area contributed by atoms with Crippen molar-refractivity contribution in [1.82, 2.24) is 0 Å². The second-order valence-electron chi connectivity index (χ2n) is 4.55. The summed E-state index contributed by atoms with van der Waals surface area (Å²) in [6, 6.07) is 10.2. The summed E-state index contributed by atoms with van der Waals surface area (Å²) in [4.78, 5) is 0. The van der Waals surface area contributed by atoms with Gasteiger partial charge in [-0.15, -0.1) is 0 Å². The standard InChI is InChI=1S/C16H24O/c1-2-3-4-8-13-16(17)14-9-12-15-10-6-5-7-11-15/h5-7,9-12,16-17H,2-4,8,13-14H2,1H3/b12-9-. The predicted octanol–water partition coefficient (Wildman–Crippen LogP) is 4.42. The number of aliphatic hydroxyl groups excluding tert-OH is 1. The van der Waals surface area contributed by atoms with Crippen molar-refractivity contribution in [2.45, 2.75) is 51.6 Å². The fourth-order valence-corrected chi connectivity index (χ4v) is 1.85. The maximum absolute atomic E-state index is 9.78. The molecule has 0 fully saturated rings. The van der Waals surface area contributed by atoms with E-state index in [-0.39, 0.29) is 6.10 Å². The molecule has 0 spiro atoms. The van der Waals surface area contributed by atoms with Crippen molar-refractivity contribution in [2.75, 3.05) is 0 Å². The molecule has 1 aromatic carbocycles. The van der Waals surface area contributed by atoms with Gasteiger partial charge in [0.1, 0.15) is 0 Å². The molecule has 0 aliphatic rings. The second kappa shape index (κ2) is 9.00. The first-order valence-electron chi connectivity index (χ1n) is 6.72. The lowest BCUT2D eigenvalue weighted by Gasteiger charge is -2.06. The minimum absolute atomic E-state index is 0.174. The molecule has 17 heavy (non-hydrogen) atoms. The molecular weight excluding hydrogens is 208 g/mol. The van der Waals surface area contributed by atoms with Crippen LogP contribution in [-0.4, -0.2) is 11.2 Å². The summed E-state index contributed by atoms with van der Waals surface area (Å²) in [5.74, 6) is 0. The third kappa shape index (κ3) is 6.96. The van der Waals surface area contributed by atoms with E-state index >= 15 is 0 Å². The van der Waals surface area contributed by atoms with E-state index in [2.05, 4.69) is 31.2 Å². The molecule has 0 saturated heterocycles. The summed E-state index contributed by atoms with van der Waals surface area (Å²) in [6.45, 7) is 2.21. The molecule has 1 unspecified atom stereocenters. The molecule has 1 heteroatoms. The van der Waals surface area contributed by atoms with E-state index in [0.717, 1.165) is 19.3 Å². The van der Waals surface area contributed by atoms with Gasteiger partial charge in [0.25, 0.3) is 0 Å². The molecule has 1 rings (SSSR count). The highest BCUT2D eigenvalue weighted by molar-refractivity contribution is 5.48. The summed E-state index contributed by atoms with van der Waals surface area (Å²) in [6.07, 6.45) is 10.6. The molecular formula is C16H24O. The largest absolute Gasteiger partial charge is 0.393 e. The number of benzene rings is 1. The van der Waals surface area contributed by atoms with Crippen LogP contribution in [0, 0.1) is 0 Å². The highest BCUT2D eigenvalue weighted by Gasteiger charge is 2.00. The van der Waals surface area contributed by atoms with Gasteiger partial charge in [-0.25, -0.2) is 0 Å². The zero-order valence-corrected chi connectivity index (χ0v) is 10.8. The normalized spacial score (nSPS) is 13.1. The lowest BCUT2D eigenvalue weighted by molar-refractivity contribution is 0.164. The number of rotatable bonds is 8. The highest BCUT2D eigenvalue weighted by Crippen LogP contribution is 2.09. The smallest absolute Gasteiger partial charge is 0.0574 e. The summed E-state index contributed by atoms with van der Waals surface area (Å²) in [5, 5.41) is 9.78. The van der Waals surface area contributed by atoms with Crippen LogP contribution in [0.3, 0.4) is 0 Å². The maximum atomic E-state index is 9.78. The molecule has 0 aliphatic carbocycles. The highest BCUT2D eigenvalue weighted by atomic mass is 16.3. The van der Waals surface area contributed by atoms with E-state index in [1.54, 1.807) is 0 Å². The van der Waals surface area contributed by atoms with Crippen molar-refractivity contribution in [3.63, 3.8) is 0 Å². The number of hydrogen-bond donors (Lipinski definition) is 1. The fraction of sp³-hybridized carbons (Fsp3) is 0.500. The molecule has 0 radical (unpaired) electrons. The van der Waals surface area contributed by atoms with Gasteiger partial charge in [-0.3, -0.25) is 0 Å². The summed E-state index contributed by atoms with van der Waals surface area (Å²) >= 11 is 0.